The number of aliphatic carboxylic acids is 1. The van der Waals surface area contributed by atoms with Gasteiger partial charge < -0.3 is 28.5 Å². The zero-order chi connectivity index (χ0) is 32.1. The number of fused-ring (bicyclic) bond motifs is 5. The summed E-state index contributed by atoms with van der Waals surface area (Å²) in [5.41, 5.74) is 0.306. The number of carboxylic acids is 1. The summed E-state index contributed by atoms with van der Waals surface area (Å²) >= 11 is 0. The van der Waals surface area contributed by atoms with E-state index in [1.807, 2.05) is 0 Å². The summed E-state index contributed by atoms with van der Waals surface area (Å²) in [5.74, 6) is 1.20. The van der Waals surface area contributed by atoms with Crippen molar-refractivity contribution < 1.29 is 33.3 Å². The maximum Gasteiger partial charge on any atom is 0.440 e. The van der Waals surface area contributed by atoms with Crippen molar-refractivity contribution in [1.29, 1.82) is 0 Å². The lowest BCUT2D eigenvalue weighted by Gasteiger charge is -2.63. The van der Waals surface area contributed by atoms with Gasteiger partial charge >= 0.3 is 11.9 Å². The van der Waals surface area contributed by atoms with E-state index in [0.717, 1.165) is 23.2 Å². The van der Waals surface area contributed by atoms with Crippen LogP contribution >= 0.6 is 0 Å². The summed E-state index contributed by atoms with van der Waals surface area (Å²) in [6.07, 6.45) is 16.1. The van der Waals surface area contributed by atoms with Gasteiger partial charge in [0.1, 0.15) is 0 Å². The molecule has 4 fully saturated rings. The molecule has 246 valence electrons. The molecular weight excluding hydrogens is 542 g/mol. The number of quaternary nitrogens is 1. The van der Waals surface area contributed by atoms with Gasteiger partial charge in [-0.2, -0.15) is 0 Å². The Bertz CT molecular complexity index is 927. The average molecular weight is 605 g/mol. The van der Waals surface area contributed by atoms with Gasteiger partial charge in [-0.1, -0.05) is 53.3 Å². The molecule has 0 aromatic carbocycles. The maximum atomic E-state index is 11.4. The molecule has 0 saturated heterocycles. The summed E-state index contributed by atoms with van der Waals surface area (Å²) in [4.78, 5) is 11.4. The SMILES string of the molecule is C=COC(CO[C@H]1C[C@H]2[C@@H](CC[C@@H]3CCCC[C@@]32C)[C@@H]2CC[C@H]([C@H](C)CCC(=O)O)[C@@]12C)(OC=C)OC=C.C[N+](C)(C)C. The fourth-order valence-electron chi connectivity index (χ4n) is 9.76. The molecule has 0 aromatic rings. The fraction of sp³-hybridized carbons (Fsp3) is 0.806. The number of rotatable bonds is 13. The van der Waals surface area contributed by atoms with Crippen molar-refractivity contribution in [2.24, 2.45) is 46.3 Å². The molecule has 0 amide bonds. The summed E-state index contributed by atoms with van der Waals surface area (Å²) in [6, 6.07) is 0. The lowest BCUT2D eigenvalue weighted by Crippen LogP contribution is -2.59. The van der Waals surface area contributed by atoms with E-state index in [9.17, 15) is 9.90 Å². The van der Waals surface area contributed by atoms with Crippen LogP contribution in [0.1, 0.15) is 91.4 Å². The van der Waals surface area contributed by atoms with Gasteiger partial charge in [0.15, 0.2) is 6.61 Å². The first-order chi connectivity index (χ1) is 20.1. The summed E-state index contributed by atoms with van der Waals surface area (Å²) in [6.45, 7) is 18.4. The number of carboxylic acid groups (broad SMARTS) is 1. The normalized spacial score (nSPS) is 35.9. The smallest absolute Gasteiger partial charge is 0.440 e. The third kappa shape index (κ3) is 8.00. The van der Waals surface area contributed by atoms with Crippen LogP contribution in [-0.2, 0) is 23.7 Å². The summed E-state index contributed by atoms with van der Waals surface area (Å²) in [7, 11) is 8.50. The zero-order valence-corrected chi connectivity index (χ0v) is 28.3. The third-order valence-corrected chi connectivity index (χ3v) is 11.5. The molecule has 7 nitrogen and oxygen atoms in total. The molecule has 0 unspecified atom stereocenters. The molecule has 4 aliphatic carbocycles. The van der Waals surface area contributed by atoms with Crippen LogP contribution in [0.4, 0.5) is 0 Å². The Hall–Kier alpha value is -1.99. The van der Waals surface area contributed by atoms with Crippen LogP contribution in [0.15, 0.2) is 38.5 Å². The Morgan fingerprint density at radius 2 is 1.56 bits per heavy atom. The molecule has 0 aliphatic heterocycles. The quantitative estimate of drug-likeness (QED) is 0.131. The number of hydrogen-bond acceptors (Lipinski definition) is 5. The second-order valence-electron chi connectivity index (χ2n) is 15.6. The van der Waals surface area contributed by atoms with Crippen molar-refractivity contribution in [2.45, 2.75) is 103 Å². The number of ether oxygens (including phenoxy) is 4. The van der Waals surface area contributed by atoms with E-state index >= 15 is 0 Å². The Morgan fingerprint density at radius 3 is 2.12 bits per heavy atom. The van der Waals surface area contributed by atoms with E-state index in [4.69, 9.17) is 18.9 Å². The Labute approximate surface area is 262 Å². The summed E-state index contributed by atoms with van der Waals surface area (Å²) in [5, 5.41) is 9.38. The van der Waals surface area contributed by atoms with Crippen molar-refractivity contribution in [1.82, 2.24) is 0 Å². The van der Waals surface area contributed by atoms with Crippen molar-refractivity contribution in [3.63, 3.8) is 0 Å². The lowest BCUT2D eigenvalue weighted by molar-refractivity contribution is -0.849. The standard InChI is InChI=1S/C32H50O6.C4H12N/c1-7-36-32(37-8-2,38-9-3)21-35-28-20-27-24(15-14-23-12-10-11-19-30(23,27)5)26-17-16-25(31(26,28)6)22(4)13-18-29(33)34;1-5(2,3)4/h7-9,22-28H,1-3,10-21H2,4-6H3,(H,33,34);1-4H3/q;+1/t22-,23+,24+,25-,26+,27+,28+,30+,31-;/m1./s1. The minimum absolute atomic E-state index is 0.0133. The highest BCUT2D eigenvalue weighted by atomic mass is 16.9. The molecule has 4 aliphatic rings. The molecule has 4 rings (SSSR count). The number of nitrogens with zero attached hydrogens (tertiary/aromatic N) is 1. The zero-order valence-electron chi connectivity index (χ0n) is 28.3. The topological polar surface area (TPSA) is 74.2 Å². The molecule has 0 bridgehead atoms. The van der Waals surface area contributed by atoms with E-state index < -0.39 is 11.9 Å². The minimum atomic E-state index is -1.53. The van der Waals surface area contributed by atoms with Gasteiger partial charge in [0, 0.05) is 6.42 Å². The molecule has 0 heterocycles. The van der Waals surface area contributed by atoms with Gasteiger partial charge in [-0.15, -0.1) is 0 Å². The fourth-order valence-corrected chi connectivity index (χ4v) is 9.76. The van der Waals surface area contributed by atoms with E-state index in [1.54, 1.807) is 0 Å². The van der Waals surface area contributed by atoms with Gasteiger partial charge in [-0.05, 0) is 97.7 Å². The molecule has 0 spiro atoms. The highest BCUT2D eigenvalue weighted by Gasteiger charge is 2.64. The van der Waals surface area contributed by atoms with Crippen molar-refractivity contribution >= 4 is 5.97 Å². The van der Waals surface area contributed by atoms with E-state index in [2.05, 4.69) is 68.7 Å². The van der Waals surface area contributed by atoms with E-state index in [-0.39, 0.29) is 24.5 Å². The first-order valence-electron chi connectivity index (χ1n) is 16.6. The Morgan fingerprint density at radius 1 is 0.953 bits per heavy atom. The minimum Gasteiger partial charge on any atom is -0.481 e. The molecule has 7 heteroatoms. The molecule has 9 atom stereocenters. The second kappa shape index (κ2) is 14.4. The largest absolute Gasteiger partial charge is 0.481 e. The first-order valence-corrected chi connectivity index (χ1v) is 16.6. The predicted molar refractivity (Wildman–Crippen MR) is 172 cm³/mol. The van der Waals surface area contributed by atoms with Crippen LogP contribution in [0.2, 0.25) is 0 Å². The van der Waals surface area contributed by atoms with Gasteiger partial charge in [0.25, 0.3) is 0 Å². The van der Waals surface area contributed by atoms with Crippen molar-refractivity contribution in [2.75, 3.05) is 34.8 Å². The first kappa shape index (κ1) is 35.5. The van der Waals surface area contributed by atoms with Crippen LogP contribution in [0.5, 0.6) is 0 Å². The molecule has 4 saturated carbocycles. The Kier molecular flexibility index (Phi) is 11.9. The van der Waals surface area contributed by atoms with E-state index in [0.29, 0.717) is 41.4 Å². The van der Waals surface area contributed by atoms with E-state index in [1.165, 1.54) is 63.7 Å². The van der Waals surface area contributed by atoms with Crippen LogP contribution in [0.25, 0.3) is 0 Å². The molecule has 1 N–H and O–H groups in total. The monoisotopic (exact) mass is 604 g/mol. The molecule has 43 heavy (non-hydrogen) atoms. The third-order valence-electron chi connectivity index (χ3n) is 11.5. The van der Waals surface area contributed by atoms with Crippen molar-refractivity contribution in [3.8, 4) is 0 Å². The van der Waals surface area contributed by atoms with Crippen LogP contribution in [0, 0.1) is 46.3 Å². The molecule has 0 radical (unpaired) electrons. The molecular formula is C36H62NO6+. The summed E-state index contributed by atoms with van der Waals surface area (Å²) < 4.78 is 24.9. The van der Waals surface area contributed by atoms with Crippen LogP contribution in [-0.4, -0.2) is 62.4 Å². The van der Waals surface area contributed by atoms with Gasteiger partial charge in [0.2, 0.25) is 0 Å². The van der Waals surface area contributed by atoms with Crippen LogP contribution in [0.3, 0.4) is 0 Å². The lowest BCUT2D eigenvalue weighted by atomic mass is 9.44. The highest BCUT2D eigenvalue weighted by molar-refractivity contribution is 5.66. The van der Waals surface area contributed by atoms with Gasteiger partial charge in [0.05, 0.1) is 53.1 Å². The predicted octanol–water partition coefficient (Wildman–Crippen LogP) is 7.99. The van der Waals surface area contributed by atoms with Gasteiger partial charge in [-0.3, -0.25) is 4.79 Å². The van der Waals surface area contributed by atoms with Gasteiger partial charge in [-0.25, -0.2) is 0 Å². The van der Waals surface area contributed by atoms with Crippen LogP contribution < -0.4 is 0 Å². The molecule has 0 aromatic heterocycles. The Balaban J connectivity index is 0.000000934. The maximum absolute atomic E-state index is 11.4. The number of hydrogen-bond donors (Lipinski definition) is 1. The number of carbonyl (C=O) groups is 1. The highest BCUT2D eigenvalue weighted by Crippen LogP contribution is 2.69. The second-order valence-corrected chi connectivity index (χ2v) is 15.6. The average Bonchev–Trinajstić information content (AvgIpc) is 3.28. The van der Waals surface area contributed by atoms with Crippen molar-refractivity contribution in [3.05, 3.63) is 38.5 Å².